The number of carbonyl (C=O) groups is 2. The molecular weight excluding hydrogens is 512 g/mol. The average molecular weight is 539 g/mol. The van der Waals surface area contributed by atoms with Crippen LogP contribution in [0.5, 0.6) is 11.6 Å². The number of aromatic amines is 1. The first-order valence-corrected chi connectivity index (χ1v) is 12.4. The molecule has 4 rings (SSSR count). The van der Waals surface area contributed by atoms with Gasteiger partial charge in [0.15, 0.2) is 10.8 Å². The Morgan fingerprint density at radius 3 is 2.53 bits per heavy atom. The van der Waals surface area contributed by atoms with Crippen molar-refractivity contribution in [2.24, 2.45) is 0 Å². The molecule has 0 aliphatic heterocycles. The van der Waals surface area contributed by atoms with E-state index in [1.165, 1.54) is 12.5 Å². The van der Waals surface area contributed by atoms with Gasteiger partial charge in [0.05, 0.1) is 13.7 Å². The predicted molar refractivity (Wildman–Crippen MR) is 141 cm³/mol. The van der Waals surface area contributed by atoms with Gasteiger partial charge in [0.2, 0.25) is 11.8 Å². The van der Waals surface area contributed by atoms with Gasteiger partial charge in [0.1, 0.15) is 24.1 Å². The molecule has 2 aromatic carbocycles. The van der Waals surface area contributed by atoms with Gasteiger partial charge < -0.3 is 29.6 Å². The van der Waals surface area contributed by atoms with E-state index in [2.05, 4.69) is 20.0 Å². The summed E-state index contributed by atoms with van der Waals surface area (Å²) in [6, 6.07) is 14.8. The number of methoxy groups -OCH3 is 2. The van der Waals surface area contributed by atoms with Crippen LogP contribution in [0.3, 0.4) is 0 Å². The van der Waals surface area contributed by atoms with Crippen LogP contribution in [0.2, 0.25) is 0 Å². The van der Waals surface area contributed by atoms with Crippen molar-refractivity contribution in [2.75, 3.05) is 32.8 Å². The second kappa shape index (κ2) is 12.2. The summed E-state index contributed by atoms with van der Waals surface area (Å²) in [7, 11) is 2.81. The highest BCUT2D eigenvalue weighted by atomic mass is 32.1. The fourth-order valence-corrected chi connectivity index (χ4v) is 4.43. The number of aromatic nitrogens is 3. The minimum absolute atomic E-state index is 0.0472. The van der Waals surface area contributed by atoms with Gasteiger partial charge in [0.25, 0.3) is 0 Å². The fourth-order valence-electron chi connectivity index (χ4n) is 3.75. The van der Waals surface area contributed by atoms with Crippen LogP contribution in [-0.4, -0.2) is 59.0 Å². The summed E-state index contributed by atoms with van der Waals surface area (Å²) in [4.78, 5) is 44.9. The highest BCUT2D eigenvalue weighted by Crippen LogP contribution is 2.31. The third-order valence-electron chi connectivity index (χ3n) is 5.62. The topological polar surface area (TPSA) is 145 Å². The second-order valence-electron chi connectivity index (χ2n) is 8.09. The molecule has 0 aliphatic carbocycles. The largest absolute Gasteiger partial charge is 0.493 e. The molecule has 0 saturated carbocycles. The number of thiazole rings is 1. The number of esters is 1. The number of aromatic hydroxyl groups is 1. The van der Waals surface area contributed by atoms with Crippen LogP contribution in [0.15, 0.2) is 64.8 Å². The third-order valence-corrected chi connectivity index (χ3v) is 6.37. The molecular formula is C26H26N4O7S. The standard InChI is InChI=1S/C26H26N4O7S/c1-35-12-13-37-18-10-8-17(9-11-18)21-23(32)30(26(34)28-21)20(14-16-6-4-3-5-7-16)22(31)29-25-27-19(15-38-25)24(33)36-2/h3-11,15,20,32H,12-14H2,1-2H3,(H,28,34)(H,27,29,31)/t20-/m0/s1. The molecule has 0 unspecified atom stereocenters. The minimum atomic E-state index is -1.13. The molecule has 2 aromatic heterocycles. The SMILES string of the molecule is COCCOc1ccc(-c2[nH]c(=O)n([C@@H](Cc3ccccc3)C(=O)Nc3nc(C(=O)OC)cs3)c2O)cc1. The molecule has 0 spiro atoms. The molecule has 0 saturated heterocycles. The van der Waals surface area contributed by atoms with E-state index in [1.807, 2.05) is 30.3 Å². The van der Waals surface area contributed by atoms with Crippen LogP contribution >= 0.6 is 11.3 Å². The number of benzene rings is 2. The molecule has 1 atom stereocenters. The highest BCUT2D eigenvalue weighted by molar-refractivity contribution is 7.14. The van der Waals surface area contributed by atoms with Crippen molar-refractivity contribution in [3.63, 3.8) is 0 Å². The fraction of sp³-hybridized carbons (Fsp3) is 0.231. The average Bonchev–Trinajstić information content (AvgIpc) is 3.51. The number of hydrogen-bond donors (Lipinski definition) is 3. The Hall–Kier alpha value is -4.42. The maximum atomic E-state index is 13.4. The Kier molecular flexibility index (Phi) is 8.56. The van der Waals surface area contributed by atoms with E-state index >= 15 is 0 Å². The van der Waals surface area contributed by atoms with Gasteiger partial charge >= 0.3 is 11.7 Å². The number of H-pyrrole nitrogens is 1. The lowest BCUT2D eigenvalue weighted by molar-refractivity contribution is -0.119. The first-order chi connectivity index (χ1) is 18.4. The van der Waals surface area contributed by atoms with Crippen molar-refractivity contribution in [3.05, 3.63) is 81.7 Å². The number of imidazole rings is 1. The summed E-state index contributed by atoms with van der Waals surface area (Å²) in [6.45, 7) is 0.819. The molecule has 1 amide bonds. The smallest absolute Gasteiger partial charge is 0.357 e. The Morgan fingerprint density at radius 1 is 1.11 bits per heavy atom. The molecule has 38 heavy (non-hydrogen) atoms. The lowest BCUT2D eigenvalue weighted by Crippen LogP contribution is -2.33. The van der Waals surface area contributed by atoms with Crippen LogP contribution < -0.4 is 15.7 Å². The number of anilines is 1. The molecule has 0 aliphatic rings. The third kappa shape index (κ3) is 6.10. The Morgan fingerprint density at radius 2 is 1.84 bits per heavy atom. The van der Waals surface area contributed by atoms with Crippen molar-refractivity contribution in [3.8, 4) is 22.9 Å². The van der Waals surface area contributed by atoms with E-state index < -0.39 is 29.5 Å². The molecule has 12 heteroatoms. The number of ether oxygens (including phenoxy) is 3. The van der Waals surface area contributed by atoms with Crippen molar-refractivity contribution >= 4 is 28.3 Å². The first kappa shape index (κ1) is 26.6. The number of nitrogens with zero attached hydrogens (tertiary/aromatic N) is 2. The summed E-state index contributed by atoms with van der Waals surface area (Å²) >= 11 is 1.04. The highest BCUT2D eigenvalue weighted by Gasteiger charge is 2.29. The van der Waals surface area contributed by atoms with Crippen molar-refractivity contribution in [1.29, 1.82) is 0 Å². The monoisotopic (exact) mass is 538 g/mol. The van der Waals surface area contributed by atoms with E-state index in [0.29, 0.717) is 24.5 Å². The zero-order chi connectivity index (χ0) is 27.1. The quantitative estimate of drug-likeness (QED) is 0.195. The van der Waals surface area contributed by atoms with E-state index in [1.54, 1.807) is 31.4 Å². The van der Waals surface area contributed by atoms with Gasteiger partial charge in [0, 0.05) is 24.5 Å². The summed E-state index contributed by atoms with van der Waals surface area (Å²) in [5, 5.41) is 15.4. The van der Waals surface area contributed by atoms with Gasteiger partial charge in [-0.05, 0) is 29.8 Å². The first-order valence-electron chi connectivity index (χ1n) is 11.6. The van der Waals surface area contributed by atoms with Crippen LogP contribution in [0.1, 0.15) is 22.1 Å². The zero-order valence-corrected chi connectivity index (χ0v) is 21.5. The van der Waals surface area contributed by atoms with Crippen molar-refractivity contribution < 1.29 is 28.9 Å². The number of hydrogen-bond acceptors (Lipinski definition) is 9. The Bertz CT molecular complexity index is 1440. The van der Waals surface area contributed by atoms with Gasteiger partial charge in [-0.25, -0.2) is 19.1 Å². The number of rotatable bonds is 11. The molecule has 11 nitrogen and oxygen atoms in total. The zero-order valence-electron chi connectivity index (χ0n) is 20.7. The van der Waals surface area contributed by atoms with Crippen LogP contribution in [0.25, 0.3) is 11.3 Å². The predicted octanol–water partition coefficient (Wildman–Crippen LogP) is 3.24. The van der Waals surface area contributed by atoms with Crippen LogP contribution in [-0.2, 0) is 20.7 Å². The minimum Gasteiger partial charge on any atom is -0.493 e. The summed E-state index contributed by atoms with van der Waals surface area (Å²) < 4.78 is 16.2. The molecule has 198 valence electrons. The summed E-state index contributed by atoms with van der Waals surface area (Å²) in [6.07, 6.45) is 0.110. The van der Waals surface area contributed by atoms with E-state index in [4.69, 9.17) is 9.47 Å². The molecule has 0 fully saturated rings. The molecule has 0 bridgehead atoms. The van der Waals surface area contributed by atoms with E-state index in [0.717, 1.165) is 21.5 Å². The maximum Gasteiger partial charge on any atom is 0.357 e. The number of carbonyl (C=O) groups excluding carboxylic acids is 2. The Labute approximate surface area is 221 Å². The summed E-state index contributed by atoms with van der Waals surface area (Å²) in [5.74, 6) is -1.03. The number of nitrogens with one attached hydrogen (secondary N) is 2. The van der Waals surface area contributed by atoms with Gasteiger partial charge in [-0.3, -0.25) is 4.79 Å². The molecule has 4 aromatic rings. The van der Waals surface area contributed by atoms with E-state index in [9.17, 15) is 19.5 Å². The molecule has 2 heterocycles. The number of amides is 1. The Balaban J connectivity index is 1.64. The molecule has 0 radical (unpaired) electrons. The molecule has 3 N–H and O–H groups in total. The second-order valence-corrected chi connectivity index (χ2v) is 8.95. The van der Waals surface area contributed by atoms with Crippen molar-refractivity contribution in [1.82, 2.24) is 14.5 Å². The summed E-state index contributed by atoms with van der Waals surface area (Å²) in [5.41, 5.74) is 0.841. The normalized spacial score (nSPS) is 11.6. The van der Waals surface area contributed by atoms with Gasteiger partial charge in [-0.2, -0.15) is 0 Å². The lowest BCUT2D eigenvalue weighted by atomic mass is 10.0. The van der Waals surface area contributed by atoms with Crippen LogP contribution in [0.4, 0.5) is 5.13 Å². The van der Waals surface area contributed by atoms with Crippen molar-refractivity contribution in [2.45, 2.75) is 12.5 Å². The lowest BCUT2D eigenvalue weighted by Gasteiger charge is -2.18. The van der Waals surface area contributed by atoms with E-state index in [-0.39, 0.29) is 22.9 Å². The van der Waals surface area contributed by atoms with Crippen LogP contribution in [0, 0.1) is 0 Å². The van der Waals surface area contributed by atoms with Gasteiger partial charge in [-0.1, -0.05) is 30.3 Å². The maximum absolute atomic E-state index is 13.4. The van der Waals surface area contributed by atoms with Gasteiger partial charge in [-0.15, -0.1) is 11.3 Å².